The number of benzene rings is 2. The van der Waals surface area contributed by atoms with Gasteiger partial charge in [-0.1, -0.05) is 29.8 Å². The van der Waals surface area contributed by atoms with E-state index in [4.69, 9.17) is 11.6 Å². The SMILES string of the molecule is Clc1ccccc1-c1c[c]cc(-n2ccnc2)c1. The van der Waals surface area contributed by atoms with Crippen molar-refractivity contribution in [2.75, 3.05) is 0 Å². The number of rotatable bonds is 2. The highest BCUT2D eigenvalue weighted by molar-refractivity contribution is 6.33. The molecule has 1 aromatic heterocycles. The minimum Gasteiger partial charge on any atom is -0.306 e. The van der Waals surface area contributed by atoms with Gasteiger partial charge in [-0.3, -0.25) is 0 Å². The topological polar surface area (TPSA) is 17.8 Å². The number of imidazole rings is 1. The van der Waals surface area contributed by atoms with E-state index in [0.29, 0.717) is 0 Å². The summed E-state index contributed by atoms with van der Waals surface area (Å²) in [5.74, 6) is 0. The zero-order valence-corrected chi connectivity index (χ0v) is 10.3. The Morgan fingerprint density at radius 3 is 2.83 bits per heavy atom. The molecule has 3 rings (SSSR count). The van der Waals surface area contributed by atoms with Gasteiger partial charge >= 0.3 is 0 Å². The van der Waals surface area contributed by atoms with Crippen LogP contribution in [0, 0.1) is 6.07 Å². The Morgan fingerprint density at radius 2 is 2.06 bits per heavy atom. The molecule has 0 aliphatic carbocycles. The first kappa shape index (κ1) is 11.1. The number of hydrogen-bond acceptors (Lipinski definition) is 1. The van der Waals surface area contributed by atoms with Crippen molar-refractivity contribution in [1.29, 1.82) is 0 Å². The number of hydrogen-bond donors (Lipinski definition) is 0. The van der Waals surface area contributed by atoms with Crippen LogP contribution < -0.4 is 0 Å². The van der Waals surface area contributed by atoms with Gasteiger partial charge in [0.15, 0.2) is 0 Å². The standard InChI is InChI=1S/C15H10ClN2/c16-15-7-2-1-6-14(15)12-4-3-5-13(10-12)18-9-8-17-11-18/h1-2,4-11H. The van der Waals surface area contributed by atoms with Crippen molar-refractivity contribution in [2.24, 2.45) is 0 Å². The first-order valence-corrected chi connectivity index (χ1v) is 5.97. The zero-order valence-electron chi connectivity index (χ0n) is 9.55. The molecule has 0 amide bonds. The maximum atomic E-state index is 6.20. The van der Waals surface area contributed by atoms with Gasteiger partial charge in [-0.15, -0.1) is 0 Å². The molecule has 1 radical (unpaired) electrons. The highest BCUT2D eigenvalue weighted by Gasteiger charge is 2.04. The van der Waals surface area contributed by atoms with Crippen LogP contribution in [0.1, 0.15) is 0 Å². The first-order chi connectivity index (χ1) is 8.84. The van der Waals surface area contributed by atoms with E-state index < -0.39 is 0 Å². The normalized spacial score (nSPS) is 10.5. The highest BCUT2D eigenvalue weighted by atomic mass is 35.5. The van der Waals surface area contributed by atoms with Crippen molar-refractivity contribution >= 4 is 11.6 Å². The van der Waals surface area contributed by atoms with Gasteiger partial charge in [-0.05, 0) is 35.9 Å². The Bertz CT molecular complexity index is 660. The van der Waals surface area contributed by atoms with Crippen LogP contribution in [-0.4, -0.2) is 9.55 Å². The molecule has 0 N–H and O–H groups in total. The van der Waals surface area contributed by atoms with E-state index in [2.05, 4.69) is 17.1 Å². The van der Waals surface area contributed by atoms with Gasteiger partial charge in [0.1, 0.15) is 0 Å². The van der Waals surface area contributed by atoms with Crippen molar-refractivity contribution in [1.82, 2.24) is 9.55 Å². The van der Waals surface area contributed by atoms with E-state index in [1.807, 2.05) is 47.2 Å². The van der Waals surface area contributed by atoms with Crippen LogP contribution in [0.2, 0.25) is 5.02 Å². The molecule has 1 heterocycles. The van der Waals surface area contributed by atoms with Crippen LogP contribution >= 0.6 is 11.6 Å². The molecule has 0 fully saturated rings. The van der Waals surface area contributed by atoms with Crippen LogP contribution in [0.25, 0.3) is 16.8 Å². The Morgan fingerprint density at radius 1 is 1.17 bits per heavy atom. The van der Waals surface area contributed by atoms with E-state index in [9.17, 15) is 0 Å². The molecule has 2 aromatic carbocycles. The Labute approximate surface area is 110 Å². The van der Waals surface area contributed by atoms with Gasteiger partial charge in [-0.25, -0.2) is 4.98 Å². The van der Waals surface area contributed by atoms with E-state index in [0.717, 1.165) is 21.8 Å². The predicted molar refractivity (Wildman–Crippen MR) is 72.8 cm³/mol. The fraction of sp³-hybridized carbons (Fsp3) is 0. The van der Waals surface area contributed by atoms with Crippen molar-refractivity contribution in [2.45, 2.75) is 0 Å². The molecule has 0 saturated carbocycles. The summed E-state index contributed by atoms with van der Waals surface area (Å²) < 4.78 is 1.94. The molecule has 87 valence electrons. The molecular formula is C15H10ClN2. The number of halogens is 1. The fourth-order valence-electron chi connectivity index (χ4n) is 1.87. The Hall–Kier alpha value is -2.06. The van der Waals surface area contributed by atoms with Crippen LogP contribution in [0.5, 0.6) is 0 Å². The second-order valence-corrected chi connectivity index (χ2v) is 4.34. The third-order valence-corrected chi connectivity index (χ3v) is 3.09. The summed E-state index contributed by atoms with van der Waals surface area (Å²) in [7, 11) is 0. The lowest BCUT2D eigenvalue weighted by molar-refractivity contribution is 1.06. The summed E-state index contributed by atoms with van der Waals surface area (Å²) >= 11 is 6.20. The molecule has 0 unspecified atom stereocenters. The molecule has 0 aliphatic heterocycles. The van der Waals surface area contributed by atoms with Crippen molar-refractivity contribution < 1.29 is 0 Å². The molecular weight excluding hydrogens is 244 g/mol. The van der Waals surface area contributed by atoms with Gasteiger partial charge in [0.25, 0.3) is 0 Å². The molecule has 0 spiro atoms. The summed E-state index contributed by atoms with van der Waals surface area (Å²) in [5, 5.41) is 0.744. The quantitative estimate of drug-likeness (QED) is 0.675. The van der Waals surface area contributed by atoms with E-state index >= 15 is 0 Å². The lowest BCUT2D eigenvalue weighted by Gasteiger charge is -2.07. The van der Waals surface area contributed by atoms with E-state index in [1.54, 1.807) is 12.5 Å². The molecule has 18 heavy (non-hydrogen) atoms. The lowest BCUT2D eigenvalue weighted by Crippen LogP contribution is -1.90. The predicted octanol–water partition coefficient (Wildman–Crippen LogP) is 3.99. The largest absolute Gasteiger partial charge is 0.306 e. The van der Waals surface area contributed by atoms with Crippen molar-refractivity contribution in [3.05, 3.63) is 72.3 Å². The van der Waals surface area contributed by atoms with Crippen LogP contribution in [0.3, 0.4) is 0 Å². The third kappa shape index (κ3) is 2.03. The summed E-state index contributed by atoms with van der Waals surface area (Å²) in [5.41, 5.74) is 3.08. The van der Waals surface area contributed by atoms with Crippen LogP contribution in [-0.2, 0) is 0 Å². The fourth-order valence-corrected chi connectivity index (χ4v) is 2.12. The Balaban J connectivity index is 2.10. The molecule has 2 nitrogen and oxygen atoms in total. The first-order valence-electron chi connectivity index (χ1n) is 5.59. The summed E-state index contributed by atoms with van der Waals surface area (Å²) in [4.78, 5) is 4.04. The molecule has 0 aliphatic rings. The van der Waals surface area contributed by atoms with Crippen molar-refractivity contribution in [3.8, 4) is 16.8 Å². The average Bonchev–Trinajstić information content (AvgIpc) is 2.93. The second-order valence-electron chi connectivity index (χ2n) is 3.93. The number of aromatic nitrogens is 2. The van der Waals surface area contributed by atoms with Crippen LogP contribution in [0.4, 0.5) is 0 Å². The summed E-state index contributed by atoms with van der Waals surface area (Å²) in [6.45, 7) is 0. The zero-order chi connectivity index (χ0) is 12.4. The maximum Gasteiger partial charge on any atom is 0.0991 e. The molecule has 0 atom stereocenters. The number of nitrogens with zero attached hydrogens (tertiary/aromatic N) is 2. The van der Waals surface area contributed by atoms with Gasteiger partial charge in [0.05, 0.1) is 6.33 Å². The van der Waals surface area contributed by atoms with Gasteiger partial charge < -0.3 is 4.57 Å². The van der Waals surface area contributed by atoms with E-state index in [-0.39, 0.29) is 0 Å². The van der Waals surface area contributed by atoms with Gasteiger partial charge in [0.2, 0.25) is 0 Å². The lowest BCUT2D eigenvalue weighted by atomic mass is 10.1. The summed E-state index contributed by atoms with van der Waals surface area (Å²) in [6, 6.07) is 16.9. The smallest absolute Gasteiger partial charge is 0.0991 e. The third-order valence-electron chi connectivity index (χ3n) is 2.76. The molecule has 0 bridgehead atoms. The highest BCUT2D eigenvalue weighted by Crippen LogP contribution is 2.28. The minimum atomic E-state index is 0.744. The average molecular weight is 254 g/mol. The maximum absolute atomic E-state index is 6.20. The Kier molecular flexibility index (Phi) is 2.87. The van der Waals surface area contributed by atoms with Gasteiger partial charge in [0, 0.05) is 28.7 Å². The molecule has 3 aromatic rings. The monoisotopic (exact) mass is 253 g/mol. The second kappa shape index (κ2) is 4.67. The van der Waals surface area contributed by atoms with Gasteiger partial charge in [-0.2, -0.15) is 0 Å². The minimum absolute atomic E-state index is 0.744. The van der Waals surface area contributed by atoms with Crippen LogP contribution in [0.15, 0.2) is 61.2 Å². The molecule has 3 heteroatoms. The van der Waals surface area contributed by atoms with Crippen molar-refractivity contribution in [3.63, 3.8) is 0 Å². The summed E-state index contributed by atoms with van der Waals surface area (Å²) in [6.07, 6.45) is 5.42. The molecule has 0 saturated heterocycles. The van der Waals surface area contributed by atoms with E-state index in [1.165, 1.54) is 0 Å².